The highest BCUT2D eigenvalue weighted by Gasteiger charge is 2.29. The van der Waals surface area contributed by atoms with Crippen LogP contribution in [0.2, 0.25) is 0 Å². The molecule has 0 spiro atoms. The standard InChI is InChI=1S/C20H25N7O5S/c1-3-10-32-14-5-4-12(33(30,31)27-8-6-26(2)7-9-27)11-13(14)19-22-15-16(18(21)28)24-25-17(15)20(29)23-19/h4-5,11H,3,6-10H2,1-2H3,(H2,21,28)(H,24,25)(H,22,23,29). The van der Waals surface area contributed by atoms with E-state index in [4.69, 9.17) is 10.5 Å². The number of ether oxygens (including phenoxy) is 1. The molecule has 1 saturated heterocycles. The average molecular weight is 476 g/mol. The van der Waals surface area contributed by atoms with Crippen LogP contribution in [0.15, 0.2) is 27.9 Å². The minimum Gasteiger partial charge on any atom is -0.493 e. The van der Waals surface area contributed by atoms with Gasteiger partial charge in [0, 0.05) is 26.2 Å². The molecule has 13 heteroatoms. The molecule has 1 aliphatic heterocycles. The van der Waals surface area contributed by atoms with E-state index in [9.17, 15) is 18.0 Å². The van der Waals surface area contributed by atoms with Crippen molar-refractivity contribution in [3.8, 4) is 17.1 Å². The Hall–Kier alpha value is -3.29. The van der Waals surface area contributed by atoms with E-state index in [1.54, 1.807) is 6.07 Å². The summed E-state index contributed by atoms with van der Waals surface area (Å²) >= 11 is 0. The monoisotopic (exact) mass is 475 g/mol. The van der Waals surface area contributed by atoms with Crippen LogP contribution in [0.25, 0.3) is 22.4 Å². The van der Waals surface area contributed by atoms with Crippen molar-refractivity contribution in [2.75, 3.05) is 39.8 Å². The number of primary amides is 1. The van der Waals surface area contributed by atoms with Crippen LogP contribution in [0.1, 0.15) is 23.8 Å². The smallest absolute Gasteiger partial charge is 0.277 e. The highest BCUT2D eigenvalue weighted by atomic mass is 32.2. The fraction of sp³-hybridized carbons (Fsp3) is 0.400. The molecule has 3 aromatic rings. The minimum atomic E-state index is -3.78. The summed E-state index contributed by atoms with van der Waals surface area (Å²) in [4.78, 5) is 33.4. The van der Waals surface area contributed by atoms with Gasteiger partial charge >= 0.3 is 0 Å². The van der Waals surface area contributed by atoms with Crippen molar-refractivity contribution in [3.05, 3.63) is 34.2 Å². The molecule has 12 nitrogen and oxygen atoms in total. The van der Waals surface area contributed by atoms with Gasteiger partial charge in [-0.05, 0) is 31.7 Å². The van der Waals surface area contributed by atoms with E-state index in [1.807, 2.05) is 14.0 Å². The first kappa shape index (κ1) is 22.9. The zero-order chi connectivity index (χ0) is 23.8. The number of sulfonamides is 1. The van der Waals surface area contributed by atoms with Crippen LogP contribution in [-0.4, -0.2) is 83.5 Å². The molecule has 1 fully saturated rings. The van der Waals surface area contributed by atoms with E-state index in [0.717, 1.165) is 6.42 Å². The first-order chi connectivity index (χ1) is 15.7. The highest BCUT2D eigenvalue weighted by Crippen LogP contribution is 2.32. The lowest BCUT2D eigenvalue weighted by molar-refractivity contribution is 0.0997. The number of nitrogens with two attached hydrogens (primary N) is 1. The number of carbonyl (C=O) groups excluding carboxylic acids is 1. The van der Waals surface area contributed by atoms with Gasteiger partial charge in [-0.1, -0.05) is 6.92 Å². The summed E-state index contributed by atoms with van der Waals surface area (Å²) in [5.41, 5.74) is 4.84. The predicted molar refractivity (Wildman–Crippen MR) is 121 cm³/mol. The molecular formula is C20H25N7O5S. The molecule has 0 atom stereocenters. The Morgan fingerprint density at radius 1 is 1.24 bits per heavy atom. The van der Waals surface area contributed by atoms with Gasteiger partial charge in [-0.15, -0.1) is 0 Å². The van der Waals surface area contributed by atoms with Gasteiger partial charge in [0.2, 0.25) is 10.0 Å². The van der Waals surface area contributed by atoms with Crippen LogP contribution in [0, 0.1) is 0 Å². The van der Waals surface area contributed by atoms with E-state index in [1.165, 1.54) is 16.4 Å². The molecule has 4 N–H and O–H groups in total. The quantitative estimate of drug-likeness (QED) is 0.433. The largest absolute Gasteiger partial charge is 0.493 e. The summed E-state index contributed by atoms with van der Waals surface area (Å²) in [5, 5.41) is 6.22. The van der Waals surface area contributed by atoms with E-state index >= 15 is 0 Å². The summed E-state index contributed by atoms with van der Waals surface area (Å²) in [6.45, 7) is 4.32. The normalized spacial score (nSPS) is 15.7. The van der Waals surface area contributed by atoms with Gasteiger partial charge in [0.05, 0.1) is 17.1 Å². The maximum atomic E-state index is 13.3. The van der Waals surface area contributed by atoms with Crippen LogP contribution in [0.4, 0.5) is 0 Å². The Labute approximate surface area is 189 Å². The first-order valence-corrected chi connectivity index (χ1v) is 11.9. The van der Waals surface area contributed by atoms with Crippen LogP contribution < -0.4 is 16.0 Å². The van der Waals surface area contributed by atoms with Crippen LogP contribution in [0.3, 0.4) is 0 Å². The fourth-order valence-electron chi connectivity index (χ4n) is 3.58. The number of aromatic nitrogens is 4. The van der Waals surface area contributed by atoms with Crippen molar-refractivity contribution < 1.29 is 17.9 Å². The lowest BCUT2D eigenvalue weighted by Gasteiger charge is -2.31. The number of likely N-dealkylation sites (N-methyl/N-ethyl adjacent to an activating group) is 1. The maximum absolute atomic E-state index is 13.3. The number of H-pyrrole nitrogens is 2. The lowest BCUT2D eigenvalue weighted by Crippen LogP contribution is -2.47. The van der Waals surface area contributed by atoms with E-state index < -0.39 is 21.5 Å². The molecule has 1 aliphatic rings. The molecule has 0 radical (unpaired) electrons. The summed E-state index contributed by atoms with van der Waals surface area (Å²) in [7, 11) is -1.84. The number of fused-ring (bicyclic) bond motifs is 1. The molecule has 1 amide bonds. The minimum absolute atomic E-state index is 0.00461. The second-order valence-corrected chi connectivity index (χ2v) is 9.73. The molecule has 176 valence electrons. The number of benzene rings is 1. The molecule has 0 unspecified atom stereocenters. The summed E-state index contributed by atoms with van der Waals surface area (Å²) < 4.78 is 33.8. The Morgan fingerprint density at radius 3 is 2.64 bits per heavy atom. The Kier molecular flexibility index (Phi) is 6.19. The maximum Gasteiger partial charge on any atom is 0.277 e. The molecule has 33 heavy (non-hydrogen) atoms. The molecule has 4 rings (SSSR count). The molecular weight excluding hydrogens is 450 g/mol. The first-order valence-electron chi connectivity index (χ1n) is 10.5. The number of nitrogens with one attached hydrogen (secondary N) is 2. The fourth-order valence-corrected chi connectivity index (χ4v) is 5.03. The van der Waals surface area contributed by atoms with Crippen molar-refractivity contribution in [1.82, 2.24) is 29.4 Å². The van der Waals surface area contributed by atoms with Gasteiger partial charge in [-0.2, -0.15) is 9.40 Å². The number of carbonyl (C=O) groups is 1. The van der Waals surface area contributed by atoms with E-state index in [2.05, 4.69) is 25.1 Å². The SMILES string of the molecule is CCCOc1ccc(S(=O)(=O)N2CCN(C)CC2)cc1-c1nc2c(C(N)=O)n[nH]c2c(=O)[nH]1. The molecule has 1 aromatic carbocycles. The number of hydrogen-bond donors (Lipinski definition) is 3. The van der Waals surface area contributed by atoms with E-state index in [0.29, 0.717) is 38.5 Å². The number of rotatable bonds is 7. The van der Waals surface area contributed by atoms with Crippen molar-refractivity contribution in [3.63, 3.8) is 0 Å². The lowest BCUT2D eigenvalue weighted by atomic mass is 10.1. The molecule has 0 bridgehead atoms. The molecule has 0 aliphatic carbocycles. The molecule has 0 saturated carbocycles. The third kappa shape index (κ3) is 4.34. The highest BCUT2D eigenvalue weighted by molar-refractivity contribution is 7.89. The second kappa shape index (κ2) is 8.92. The zero-order valence-electron chi connectivity index (χ0n) is 18.3. The zero-order valence-corrected chi connectivity index (χ0v) is 19.1. The summed E-state index contributed by atoms with van der Waals surface area (Å²) in [6, 6.07) is 4.45. The van der Waals surface area contributed by atoms with E-state index in [-0.39, 0.29) is 33.0 Å². The van der Waals surface area contributed by atoms with Crippen LogP contribution in [-0.2, 0) is 10.0 Å². The van der Waals surface area contributed by atoms with Crippen molar-refractivity contribution in [2.24, 2.45) is 5.73 Å². The van der Waals surface area contributed by atoms with Crippen molar-refractivity contribution >= 4 is 27.0 Å². The Balaban J connectivity index is 1.85. The second-order valence-electron chi connectivity index (χ2n) is 7.79. The van der Waals surface area contributed by atoms with Crippen molar-refractivity contribution in [1.29, 1.82) is 0 Å². The van der Waals surface area contributed by atoms with Crippen molar-refractivity contribution in [2.45, 2.75) is 18.2 Å². The third-order valence-corrected chi connectivity index (χ3v) is 7.32. The Bertz CT molecular complexity index is 1360. The van der Waals surface area contributed by atoms with Gasteiger partial charge in [0.25, 0.3) is 11.5 Å². The molecule has 3 heterocycles. The predicted octanol–water partition coefficient (Wildman–Crippen LogP) is 0.137. The van der Waals surface area contributed by atoms with Gasteiger partial charge < -0.3 is 20.4 Å². The molecule has 2 aromatic heterocycles. The summed E-state index contributed by atoms with van der Waals surface area (Å²) in [5.74, 6) is -0.460. The van der Waals surface area contributed by atoms with Crippen LogP contribution in [0.5, 0.6) is 5.75 Å². The number of nitrogens with zero attached hydrogens (tertiary/aromatic N) is 4. The number of hydrogen-bond acceptors (Lipinski definition) is 8. The third-order valence-electron chi connectivity index (χ3n) is 5.42. The van der Waals surface area contributed by atoms with Gasteiger partial charge in [0.15, 0.2) is 5.69 Å². The van der Waals surface area contributed by atoms with Gasteiger partial charge in [0.1, 0.15) is 22.6 Å². The topological polar surface area (TPSA) is 167 Å². The van der Waals surface area contributed by atoms with Gasteiger partial charge in [-0.25, -0.2) is 13.4 Å². The van der Waals surface area contributed by atoms with Crippen LogP contribution >= 0.6 is 0 Å². The average Bonchev–Trinajstić information content (AvgIpc) is 3.23. The number of aromatic amines is 2. The summed E-state index contributed by atoms with van der Waals surface area (Å²) in [6.07, 6.45) is 0.720. The number of piperazine rings is 1. The number of amides is 1. The Morgan fingerprint density at radius 2 is 1.97 bits per heavy atom. The van der Waals surface area contributed by atoms with Gasteiger partial charge in [-0.3, -0.25) is 14.7 Å².